The molecular weight excluding hydrogens is 267 g/mol. The first-order chi connectivity index (χ1) is 5.70. The highest BCUT2D eigenvalue weighted by Gasteiger charge is 2.26. The van der Waals surface area contributed by atoms with Crippen LogP contribution < -0.4 is 0 Å². The van der Waals surface area contributed by atoms with E-state index >= 15 is 0 Å². The van der Waals surface area contributed by atoms with Crippen LogP contribution in [0.15, 0.2) is 21.5 Å². The summed E-state index contributed by atoms with van der Waals surface area (Å²) in [4.78, 5) is 0. The van der Waals surface area contributed by atoms with Crippen LogP contribution in [0.2, 0.25) is 0 Å². The van der Waals surface area contributed by atoms with Crippen LogP contribution in [0.3, 0.4) is 0 Å². The minimum atomic E-state index is 0.0758. The Balaban J connectivity index is 2.85. The maximum Gasteiger partial charge on any atom is 0.125 e. The van der Waals surface area contributed by atoms with Gasteiger partial charge in [-0.3, -0.25) is 0 Å². The van der Waals surface area contributed by atoms with Gasteiger partial charge in [-0.05, 0) is 38.3 Å². The molecule has 0 aromatic heterocycles. The topological polar surface area (TPSA) is 18.5 Å². The SMILES string of the molecule is COC1=CC=C(I)C(C)C1OC. The number of hydrogen-bond donors (Lipinski definition) is 0. The van der Waals surface area contributed by atoms with E-state index in [1.165, 1.54) is 3.58 Å². The van der Waals surface area contributed by atoms with E-state index in [9.17, 15) is 0 Å². The summed E-state index contributed by atoms with van der Waals surface area (Å²) in [5.74, 6) is 1.31. The molecule has 1 aliphatic rings. The molecule has 1 aliphatic carbocycles. The molecule has 12 heavy (non-hydrogen) atoms. The van der Waals surface area contributed by atoms with Crippen molar-refractivity contribution in [3.05, 3.63) is 21.5 Å². The molecule has 0 aromatic carbocycles. The molecular formula is C9H13IO2. The Bertz CT molecular complexity index is 221. The Morgan fingerprint density at radius 2 is 2.00 bits per heavy atom. The zero-order valence-electron chi connectivity index (χ0n) is 7.50. The van der Waals surface area contributed by atoms with Gasteiger partial charge in [0, 0.05) is 13.0 Å². The molecule has 2 unspecified atom stereocenters. The predicted octanol–water partition coefficient (Wildman–Crippen LogP) is 2.50. The minimum absolute atomic E-state index is 0.0758. The van der Waals surface area contributed by atoms with Gasteiger partial charge in [0.05, 0.1) is 7.11 Å². The molecule has 0 N–H and O–H groups in total. The van der Waals surface area contributed by atoms with Crippen LogP contribution in [0, 0.1) is 5.92 Å². The summed E-state index contributed by atoms with van der Waals surface area (Å²) in [7, 11) is 3.39. The zero-order chi connectivity index (χ0) is 9.14. The zero-order valence-corrected chi connectivity index (χ0v) is 9.66. The highest BCUT2D eigenvalue weighted by molar-refractivity contribution is 14.1. The van der Waals surface area contributed by atoms with Crippen molar-refractivity contribution in [2.75, 3.05) is 14.2 Å². The molecule has 0 radical (unpaired) electrons. The van der Waals surface area contributed by atoms with Crippen LogP contribution in [-0.2, 0) is 9.47 Å². The van der Waals surface area contributed by atoms with Crippen molar-refractivity contribution in [2.45, 2.75) is 13.0 Å². The van der Waals surface area contributed by atoms with Gasteiger partial charge in [0.1, 0.15) is 11.9 Å². The third-order valence-electron chi connectivity index (χ3n) is 2.07. The first-order valence-electron chi connectivity index (χ1n) is 3.84. The monoisotopic (exact) mass is 280 g/mol. The lowest BCUT2D eigenvalue weighted by molar-refractivity contribution is 0.0532. The van der Waals surface area contributed by atoms with Crippen molar-refractivity contribution in [1.29, 1.82) is 0 Å². The van der Waals surface area contributed by atoms with Gasteiger partial charge in [-0.1, -0.05) is 6.92 Å². The maximum absolute atomic E-state index is 5.34. The first-order valence-corrected chi connectivity index (χ1v) is 4.92. The van der Waals surface area contributed by atoms with Crippen molar-refractivity contribution in [3.63, 3.8) is 0 Å². The Morgan fingerprint density at radius 3 is 2.50 bits per heavy atom. The van der Waals surface area contributed by atoms with E-state index in [4.69, 9.17) is 9.47 Å². The second-order valence-corrected chi connectivity index (χ2v) is 4.02. The maximum atomic E-state index is 5.34. The second kappa shape index (κ2) is 4.28. The summed E-state index contributed by atoms with van der Waals surface area (Å²) in [5, 5.41) is 0. The van der Waals surface area contributed by atoms with Crippen LogP contribution in [-0.4, -0.2) is 20.3 Å². The van der Waals surface area contributed by atoms with Gasteiger partial charge in [0.2, 0.25) is 0 Å². The Kier molecular flexibility index (Phi) is 3.58. The Morgan fingerprint density at radius 1 is 1.33 bits per heavy atom. The molecule has 0 heterocycles. The van der Waals surface area contributed by atoms with Gasteiger partial charge in [-0.25, -0.2) is 0 Å². The molecule has 68 valence electrons. The van der Waals surface area contributed by atoms with Gasteiger partial charge in [-0.15, -0.1) is 0 Å². The van der Waals surface area contributed by atoms with Gasteiger partial charge < -0.3 is 9.47 Å². The largest absolute Gasteiger partial charge is 0.498 e. The normalized spacial score (nSPS) is 29.3. The summed E-state index contributed by atoms with van der Waals surface area (Å²) in [6.07, 6.45) is 4.11. The lowest BCUT2D eigenvalue weighted by Crippen LogP contribution is -2.26. The molecule has 0 amide bonds. The molecule has 2 atom stereocenters. The summed E-state index contributed by atoms with van der Waals surface area (Å²) < 4.78 is 11.8. The molecule has 1 rings (SSSR count). The average molecular weight is 280 g/mol. The van der Waals surface area contributed by atoms with Crippen LogP contribution in [0.5, 0.6) is 0 Å². The molecule has 0 fully saturated rings. The van der Waals surface area contributed by atoms with E-state index in [1.54, 1.807) is 14.2 Å². The minimum Gasteiger partial charge on any atom is -0.498 e. The second-order valence-electron chi connectivity index (χ2n) is 2.77. The number of allylic oxidation sites excluding steroid dienone is 2. The highest BCUT2D eigenvalue weighted by atomic mass is 127. The van der Waals surface area contributed by atoms with Crippen molar-refractivity contribution in [3.8, 4) is 0 Å². The molecule has 0 bridgehead atoms. The van der Waals surface area contributed by atoms with E-state index in [2.05, 4.69) is 35.6 Å². The van der Waals surface area contributed by atoms with Crippen molar-refractivity contribution >= 4 is 22.6 Å². The predicted molar refractivity (Wildman–Crippen MR) is 57.2 cm³/mol. The van der Waals surface area contributed by atoms with E-state index in [0.717, 1.165) is 5.76 Å². The first kappa shape index (κ1) is 10.1. The summed E-state index contributed by atoms with van der Waals surface area (Å²) in [6.45, 7) is 2.14. The van der Waals surface area contributed by atoms with Crippen LogP contribution in [0.4, 0.5) is 0 Å². The Labute approximate surface area is 86.8 Å². The number of halogens is 1. The lowest BCUT2D eigenvalue weighted by Gasteiger charge is -2.26. The van der Waals surface area contributed by atoms with Crippen molar-refractivity contribution < 1.29 is 9.47 Å². The fourth-order valence-electron chi connectivity index (χ4n) is 1.30. The molecule has 0 saturated carbocycles. The third-order valence-corrected chi connectivity index (χ3v) is 3.41. The molecule has 0 aliphatic heterocycles. The van der Waals surface area contributed by atoms with Crippen LogP contribution >= 0.6 is 22.6 Å². The van der Waals surface area contributed by atoms with Crippen LogP contribution in [0.1, 0.15) is 6.92 Å². The summed E-state index contributed by atoms with van der Waals surface area (Å²) in [6, 6.07) is 0. The van der Waals surface area contributed by atoms with E-state index in [0.29, 0.717) is 5.92 Å². The number of hydrogen-bond acceptors (Lipinski definition) is 2. The van der Waals surface area contributed by atoms with Gasteiger partial charge in [0.25, 0.3) is 0 Å². The van der Waals surface area contributed by atoms with Gasteiger partial charge in [-0.2, -0.15) is 0 Å². The summed E-state index contributed by atoms with van der Waals surface area (Å²) >= 11 is 2.33. The average Bonchev–Trinajstić information content (AvgIpc) is 2.09. The highest BCUT2D eigenvalue weighted by Crippen LogP contribution is 2.31. The fraction of sp³-hybridized carbons (Fsp3) is 0.556. The molecule has 3 heteroatoms. The van der Waals surface area contributed by atoms with Crippen molar-refractivity contribution in [2.24, 2.45) is 5.92 Å². The molecule has 0 saturated heterocycles. The Hall–Kier alpha value is -0.0300. The smallest absolute Gasteiger partial charge is 0.125 e. The fourth-order valence-corrected chi connectivity index (χ4v) is 1.81. The molecule has 2 nitrogen and oxygen atoms in total. The molecule has 0 aromatic rings. The lowest BCUT2D eigenvalue weighted by atomic mass is 9.98. The van der Waals surface area contributed by atoms with E-state index in [-0.39, 0.29) is 6.10 Å². The van der Waals surface area contributed by atoms with Gasteiger partial charge >= 0.3 is 0 Å². The number of rotatable bonds is 2. The standard InChI is InChI=1S/C9H13IO2/c1-6-7(10)4-5-8(11-2)9(6)12-3/h4-6,9H,1-3H3. The molecule has 0 spiro atoms. The quantitative estimate of drug-likeness (QED) is 0.723. The number of ether oxygens (including phenoxy) is 2. The van der Waals surface area contributed by atoms with Gasteiger partial charge in [0.15, 0.2) is 0 Å². The van der Waals surface area contributed by atoms with Crippen molar-refractivity contribution in [1.82, 2.24) is 0 Å². The number of methoxy groups -OCH3 is 2. The third kappa shape index (κ3) is 1.82. The van der Waals surface area contributed by atoms with E-state index in [1.807, 2.05) is 6.08 Å². The van der Waals surface area contributed by atoms with Crippen LogP contribution in [0.25, 0.3) is 0 Å². The van der Waals surface area contributed by atoms with E-state index < -0.39 is 0 Å². The summed E-state index contributed by atoms with van der Waals surface area (Å²) in [5.41, 5.74) is 0.